The highest BCUT2D eigenvalue weighted by Crippen LogP contribution is 2.22. The number of anilines is 1. The van der Waals surface area contributed by atoms with Crippen LogP contribution in [0.3, 0.4) is 0 Å². The molecule has 0 spiro atoms. The summed E-state index contributed by atoms with van der Waals surface area (Å²) in [5.74, 6) is 0.338. The molecule has 0 radical (unpaired) electrons. The van der Waals surface area contributed by atoms with E-state index in [-0.39, 0.29) is 5.82 Å². The molecule has 0 saturated carbocycles. The molecule has 2 aliphatic rings. The second-order valence-corrected chi connectivity index (χ2v) is 6.26. The molecule has 118 valence electrons. The van der Waals surface area contributed by atoms with Crippen molar-refractivity contribution in [3.05, 3.63) is 29.6 Å². The maximum Gasteiger partial charge on any atom is 0.147 e. The predicted molar refractivity (Wildman–Crippen MR) is 83.1 cm³/mol. The SMILES string of the molecule is N#Cc1ccc(NC2CCN(CC3CCOC3)CC2)c(F)c1. The third-order valence-electron chi connectivity index (χ3n) is 4.59. The number of benzene rings is 1. The molecule has 0 amide bonds. The van der Waals surface area contributed by atoms with Crippen molar-refractivity contribution >= 4 is 5.69 Å². The number of hydrogen-bond donors (Lipinski definition) is 1. The lowest BCUT2D eigenvalue weighted by atomic mass is 10.0. The zero-order chi connectivity index (χ0) is 15.4. The highest BCUT2D eigenvalue weighted by Gasteiger charge is 2.24. The molecule has 1 unspecified atom stereocenters. The number of nitrogens with zero attached hydrogens (tertiary/aromatic N) is 2. The van der Waals surface area contributed by atoms with E-state index in [0.717, 1.165) is 45.7 Å². The van der Waals surface area contributed by atoms with Gasteiger partial charge in [-0.25, -0.2) is 4.39 Å². The van der Waals surface area contributed by atoms with Gasteiger partial charge in [0.15, 0.2) is 0 Å². The van der Waals surface area contributed by atoms with E-state index < -0.39 is 0 Å². The smallest absolute Gasteiger partial charge is 0.147 e. The highest BCUT2D eigenvalue weighted by atomic mass is 19.1. The molecule has 5 heteroatoms. The summed E-state index contributed by atoms with van der Waals surface area (Å²) in [6, 6.07) is 6.86. The normalized spacial score (nSPS) is 23.4. The van der Waals surface area contributed by atoms with Gasteiger partial charge in [0.2, 0.25) is 0 Å². The van der Waals surface area contributed by atoms with E-state index in [4.69, 9.17) is 10.00 Å². The summed E-state index contributed by atoms with van der Waals surface area (Å²) in [7, 11) is 0. The van der Waals surface area contributed by atoms with Crippen LogP contribution < -0.4 is 5.32 Å². The van der Waals surface area contributed by atoms with Crippen LogP contribution in [0.2, 0.25) is 0 Å². The third kappa shape index (κ3) is 3.76. The first-order valence-electron chi connectivity index (χ1n) is 8.01. The van der Waals surface area contributed by atoms with Crippen LogP contribution >= 0.6 is 0 Å². The van der Waals surface area contributed by atoms with Crippen molar-refractivity contribution in [1.29, 1.82) is 5.26 Å². The van der Waals surface area contributed by atoms with E-state index in [9.17, 15) is 4.39 Å². The monoisotopic (exact) mass is 303 g/mol. The molecule has 1 atom stereocenters. The molecular formula is C17H22FN3O. The predicted octanol–water partition coefficient (Wildman–Crippen LogP) is 2.61. The molecule has 3 rings (SSSR count). The van der Waals surface area contributed by atoms with Crippen LogP contribution in [-0.4, -0.2) is 43.8 Å². The van der Waals surface area contributed by atoms with E-state index in [0.29, 0.717) is 23.2 Å². The molecular weight excluding hydrogens is 281 g/mol. The Balaban J connectivity index is 1.48. The van der Waals surface area contributed by atoms with Gasteiger partial charge >= 0.3 is 0 Å². The summed E-state index contributed by atoms with van der Waals surface area (Å²) in [4.78, 5) is 2.49. The molecule has 2 heterocycles. The van der Waals surface area contributed by atoms with Crippen LogP contribution in [0.25, 0.3) is 0 Å². The molecule has 0 aliphatic carbocycles. The van der Waals surface area contributed by atoms with Crippen molar-refractivity contribution < 1.29 is 9.13 Å². The van der Waals surface area contributed by atoms with E-state index in [1.165, 1.54) is 12.5 Å². The molecule has 2 saturated heterocycles. The van der Waals surface area contributed by atoms with Crippen LogP contribution in [0.5, 0.6) is 0 Å². The van der Waals surface area contributed by atoms with Gasteiger partial charge in [-0.2, -0.15) is 5.26 Å². The third-order valence-corrected chi connectivity index (χ3v) is 4.59. The minimum absolute atomic E-state index is 0.304. The summed E-state index contributed by atoms with van der Waals surface area (Å²) < 4.78 is 19.3. The van der Waals surface area contributed by atoms with Gasteiger partial charge in [-0.3, -0.25) is 0 Å². The minimum atomic E-state index is -0.343. The van der Waals surface area contributed by atoms with Gasteiger partial charge in [-0.05, 0) is 43.4 Å². The summed E-state index contributed by atoms with van der Waals surface area (Å²) in [5.41, 5.74) is 0.860. The Bertz CT molecular complexity index is 543. The van der Waals surface area contributed by atoms with Crippen LogP contribution in [0.4, 0.5) is 10.1 Å². The zero-order valence-corrected chi connectivity index (χ0v) is 12.7. The number of likely N-dealkylation sites (tertiary alicyclic amines) is 1. The van der Waals surface area contributed by atoms with Gasteiger partial charge in [0, 0.05) is 32.3 Å². The van der Waals surface area contributed by atoms with Crippen molar-refractivity contribution in [3.63, 3.8) is 0 Å². The minimum Gasteiger partial charge on any atom is -0.381 e. The van der Waals surface area contributed by atoms with E-state index in [1.807, 2.05) is 6.07 Å². The van der Waals surface area contributed by atoms with Crippen LogP contribution in [0.15, 0.2) is 18.2 Å². The number of halogens is 1. The molecule has 1 aromatic carbocycles. The second kappa shape index (κ2) is 7.08. The molecule has 1 aromatic rings. The van der Waals surface area contributed by atoms with Crippen molar-refractivity contribution in [2.45, 2.75) is 25.3 Å². The quantitative estimate of drug-likeness (QED) is 0.929. The summed E-state index contributed by atoms with van der Waals surface area (Å²) in [6.07, 6.45) is 3.22. The first-order chi connectivity index (χ1) is 10.7. The maximum atomic E-state index is 13.9. The molecule has 2 aliphatic heterocycles. The maximum absolute atomic E-state index is 13.9. The average Bonchev–Trinajstić information content (AvgIpc) is 3.04. The Morgan fingerprint density at radius 2 is 2.14 bits per heavy atom. The number of nitriles is 1. The lowest BCUT2D eigenvalue weighted by molar-refractivity contribution is 0.154. The fraction of sp³-hybridized carbons (Fsp3) is 0.588. The molecule has 4 nitrogen and oxygen atoms in total. The summed E-state index contributed by atoms with van der Waals surface area (Å²) >= 11 is 0. The number of hydrogen-bond acceptors (Lipinski definition) is 4. The van der Waals surface area contributed by atoms with Crippen LogP contribution in [-0.2, 0) is 4.74 Å². The average molecular weight is 303 g/mol. The van der Waals surface area contributed by atoms with Crippen molar-refractivity contribution in [2.24, 2.45) is 5.92 Å². The number of ether oxygens (including phenoxy) is 1. The molecule has 1 N–H and O–H groups in total. The molecule has 0 aromatic heterocycles. The lowest BCUT2D eigenvalue weighted by Crippen LogP contribution is -2.41. The Morgan fingerprint density at radius 3 is 2.77 bits per heavy atom. The van der Waals surface area contributed by atoms with Crippen molar-refractivity contribution in [1.82, 2.24) is 4.90 Å². The Morgan fingerprint density at radius 1 is 1.32 bits per heavy atom. The Kier molecular flexibility index (Phi) is 4.91. The number of nitrogens with one attached hydrogen (secondary N) is 1. The lowest BCUT2D eigenvalue weighted by Gasteiger charge is -2.34. The van der Waals surface area contributed by atoms with Crippen LogP contribution in [0.1, 0.15) is 24.8 Å². The van der Waals surface area contributed by atoms with Gasteiger partial charge in [0.05, 0.1) is 23.9 Å². The standard InChI is InChI=1S/C17H22FN3O/c18-16-9-13(10-19)1-2-17(16)20-15-3-6-21(7-4-15)11-14-5-8-22-12-14/h1-2,9,14-15,20H,3-8,11-12H2. The van der Waals surface area contributed by atoms with Gasteiger partial charge in [-0.1, -0.05) is 0 Å². The molecule has 22 heavy (non-hydrogen) atoms. The van der Waals surface area contributed by atoms with Gasteiger partial charge < -0.3 is 15.0 Å². The van der Waals surface area contributed by atoms with E-state index in [1.54, 1.807) is 12.1 Å². The fourth-order valence-corrected chi connectivity index (χ4v) is 3.27. The second-order valence-electron chi connectivity index (χ2n) is 6.26. The van der Waals surface area contributed by atoms with Gasteiger partial charge in [-0.15, -0.1) is 0 Å². The van der Waals surface area contributed by atoms with Crippen LogP contribution in [0, 0.1) is 23.1 Å². The topological polar surface area (TPSA) is 48.3 Å². The van der Waals surface area contributed by atoms with E-state index in [2.05, 4.69) is 10.2 Å². The zero-order valence-electron chi connectivity index (χ0n) is 12.7. The molecule has 0 bridgehead atoms. The summed E-state index contributed by atoms with van der Waals surface area (Å²) in [6.45, 7) is 5.02. The van der Waals surface area contributed by atoms with Crippen molar-refractivity contribution in [2.75, 3.05) is 38.2 Å². The molecule has 2 fully saturated rings. The largest absolute Gasteiger partial charge is 0.381 e. The Labute approximate surface area is 130 Å². The van der Waals surface area contributed by atoms with Gasteiger partial charge in [0.1, 0.15) is 5.82 Å². The van der Waals surface area contributed by atoms with E-state index >= 15 is 0 Å². The fourth-order valence-electron chi connectivity index (χ4n) is 3.27. The number of rotatable bonds is 4. The van der Waals surface area contributed by atoms with Gasteiger partial charge in [0.25, 0.3) is 0 Å². The first kappa shape index (κ1) is 15.3. The highest BCUT2D eigenvalue weighted by molar-refractivity contribution is 5.49. The number of piperidine rings is 1. The first-order valence-corrected chi connectivity index (χ1v) is 8.01. The van der Waals surface area contributed by atoms with Crippen molar-refractivity contribution in [3.8, 4) is 6.07 Å². The summed E-state index contributed by atoms with van der Waals surface area (Å²) in [5, 5.41) is 12.0. The Hall–Kier alpha value is -1.64.